The van der Waals surface area contributed by atoms with Gasteiger partial charge in [0.1, 0.15) is 10.5 Å². The molecule has 8 heteroatoms. The number of piperazine rings is 1. The van der Waals surface area contributed by atoms with Crippen molar-refractivity contribution in [3.63, 3.8) is 0 Å². The molecule has 0 atom stereocenters. The molecule has 28 heavy (non-hydrogen) atoms. The van der Waals surface area contributed by atoms with E-state index in [0.29, 0.717) is 26.2 Å². The number of pyridine rings is 1. The Hall–Kier alpha value is -2.87. The molecular formula is C20H22N5O2S+. The minimum absolute atomic E-state index is 0.478. The Morgan fingerprint density at radius 3 is 2.54 bits per heavy atom. The van der Waals surface area contributed by atoms with Gasteiger partial charge in [0, 0.05) is 37.8 Å². The molecule has 1 fully saturated rings. The maximum Gasteiger partial charge on any atom is 0.407 e. The fourth-order valence-electron chi connectivity index (χ4n) is 3.36. The minimum Gasteiger partial charge on any atom is -0.465 e. The molecule has 4 rings (SSSR count). The van der Waals surface area contributed by atoms with Crippen LogP contribution < -0.4 is 9.47 Å². The SMILES string of the molecule is CSc1nc2cc[n+](Cc3ccccc3)cc2nc1N1CCN(C(=O)O)CC1. The first-order valence-corrected chi connectivity index (χ1v) is 10.4. The van der Waals surface area contributed by atoms with Crippen LogP contribution in [0.5, 0.6) is 0 Å². The molecule has 0 spiro atoms. The van der Waals surface area contributed by atoms with Gasteiger partial charge < -0.3 is 14.9 Å². The topological polar surface area (TPSA) is 73.4 Å². The van der Waals surface area contributed by atoms with E-state index < -0.39 is 6.09 Å². The molecule has 0 radical (unpaired) electrons. The normalized spacial score (nSPS) is 14.5. The van der Waals surface area contributed by atoms with Gasteiger partial charge in [-0.1, -0.05) is 30.3 Å². The number of carboxylic acid groups (broad SMARTS) is 1. The summed E-state index contributed by atoms with van der Waals surface area (Å²) in [5, 5.41) is 10.0. The van der Waals surface area contributed by atoms with E-state index in [0.717, 1.165) is 28.4 Å². The van der Waals surface area contributed by atoms with Crippen molar-refractivity contribution in [1.29, 1.82) is 0 Å². The molecule has 1 aromatic carbocycles. The molecule has 0 saturated carbocycles. The van der Waals surface area contributed by atoms with Crippen LogP contribution >= 0.6 is 11.8 Å². The molecule has 1 aliphatic heterocycles. The summed E-state index contributed by atoms with van der Waals surface area (Å²) >= 11 is 1.57. The van der Waals surface area contributed by atoms with Crippen LogP contribution in [0.3, 0.4) is 0 Å². The van der Waals surface area contributed by atoms with Gasteiger partial charge in [-0.25, -0.2) is 14.8 Å². The maximum atomic E-state index is 11.2. The molecular weight excluding hydrogens is 374 g/mol. The lowest BCUT2D eigenvalue weighted by molar-refractivity contribution is -0.687. The van der Waals surface area contributed by atoms with Gasteiger partial charge >= 0.3 is 6.09 Å². The highest BCUT2D eigenvalue weighted by molar-refractivity contribution is 7.98. The number of thioether (sulfide) groups is 1. The number of aromatic nitrogens is 3. The zero-order valence-electron chi connectivity index (χ0n) is 15.7. The second kappa shape index (κ2) is 8.02. The molecule has 3 heterocycles. The molecule has 2 aromatic heterocycles. The molecule has 0 bridgehead atoms. The lowest BCUT2D eigenvalue weighted by atomic mass is 10.2. The van der Waals surface area contributed by atoms with Crippen molar-refractivity contribution in [1.82, 2.24) is 14.9 Å². The van der Waals surface area contributed by atoms with E-state index in [1.807, 2.05) is 42.9 Å². The molecule has 3 aromatic rings. The van der Waals surface area contributed by atoms with Crippen LogP contribution in [0.25, 0.3) is 11.0 Å². The fourth-order valence-corrected chi connectivity index (χ4v) is 3.91. The average Bonchev–Trinajstić information content (AvgIpc) is 2.73. The molecule has 0 unspecified atom stereocenters. The van der Waals surface area contributed by atoms with E-state index in [1.54, 1.807) is 11.8 Å². The van der Waals surface area contributed by atoms with Crippen LogP contribution in [-0.2, 0) is 6.54 Å². The minimum atomic E-state index is -0.865. The van der Waals surface area contributed by atoms with Crippen LogP contribution in [0.2, 0.25) is 0 Å². The smallest absolute Gasteiger partial charge is 0.407 e. The van der Waals surface area contributed by atoms with Gasteiger partial charge in [0.25, 0.3) is 0 Å². The average molecular weight is 396 g/mol. The number of hydrogen-bond donors (Lipinski definition) is 1. The molecule has 1 aliphatic rings. The lowest BCUT2D eigenvalue weighted by Crippen LogP contribution is -2.48. The van der Waals surface area contributed by atoms with Crippen molar-refractivity contribution < 1.29 is 14.5 Å². The van der Waals surface area contributed by atoms with Crippen LogP contribution in [0, 0.1) is 0 Å². The van der Waals surface area contributed by atoms with E-state index in [2.05, 4.69) is 21.6 Å². The number of carbonyl (C=O) groups is 1. The largest absolute Gasteiger partial charge is 0.465 e. The summed E-state index contributed by atoms with van der Waals surface area (Å²) in [5.41, 5.74) is 2.93. The summed E-state index contributed by atoms with van der Waals surface area (Å²) < 4.78 is 2.11. The van der Waals surface area contributed by atoms with E-state index in [1.165, 1.54) is 10.5 Å². The van der Waals surface area contributed by atoms with Crippen molar-refractivity contribution in [2.45, 2.75) is 11.6 Å². The second-order valence-electron chi connectivity index (χ2n) is 6.69. The molecule has 7 nitrogen and oxygen atoms in total. The molecule has 0 aliphatic carbocycles. The third kappa shape index (κ3) is 3.87. The van der Waals surface area contributed by atoms with Crippen molar-refractivity contribution in [3.8, 4) is 0 Å². The highest BCUT2D eigenvalue weighted by Gasteiger charge is 2.24. The predicted octanol–water partition coefficient (Wildman–Crippen LogP) is 2.49. The van der Waals surface area contributed by atoms with Gasteiger partial charge in [-0.3, -0.25) is 0 Å². The molecule has 144 valence electrons. The van der Waals surface area contributed by atoms with Gasteiger partial charge in [-0.2, -0.15) is 4.57 Å². The summed E-state index contributed by atoms with van der Waals surface area (Å²) in [4.78, 5) is 24.4. The Bertz CT molecular complexity index is 991. The number of fused-ring (bicyclic) bond motifs is 1. The summed E-state index contributed by atoms with van der Waals surface area (Å²) in [6.45, 7) is 2.97. The Labute approximate surface area is 167 Å². The highest BCUT2D eigenvalue weighted by Crippen LogP contribution is 2.27. The van der Waals surface area contributed by atoms with Gasteiger partial charge in [0.15, 0.2) is 30.3 Å². The van der Waals surface area contributed by atoms with Crippen LogP contribution in [-0.4, -0.2) is 58.5 Å². The Kier molecular flexibility index (Phi) is 5.29. The monoisotopic (exact) mass is 396 g/mol. The molecule has 1 N–H and O–H groups in total. The summed E-state index contributed by atoms with van der Waals surface area (Å²) in [6, 6.07) is 12.3. The third-order valence-corrected chi connectivity index (χ3v) is 5.53. The zero-order chi connectivity index (χ0) is 19.5. The van der Waals surface area contributed by atoms with Gasteiger partial charge in [0.05, 0.1) is 0 Å². The van der Waals surface area contributed by atoms with Crippen LogP contribution in [0.15, 0.2) is 53.8 Å². The van der Waals surface area contributed by atoms with Crippen molar-refractivity contribution in [2.75, 3.05) is 37.3 Å². The first-order valence-electron chi connectivity index (χ1n) is 9.15. The Morgan fingerprint density at radius 1 is 1.11 bits per heavy atom. The second-order valence-corrected chi connectivity index (χ2v) is 7.48. The maximum absolute atomic E-state index is 11.2. The van der Waals surface area contributed by atoms with E-state index in [-0.39, 0.29) is 0 Å². The van der Waals surface area contributed by atoms with E-state index in [9.17, 15) is 4.79 Å². The van der Waals surface area contributed by atoms with Gasteiger partial charge in [-0.05, 0) is 6.26 Å². The summed E-state index contributed by atoms with van der Waals surface area (Å²) in [6.07, 6.45) is 5.18. The molecule has 1 saturated heterocycles. The van der Waals surface area contributed by atoms with Gasteiger partial charge in [0.2, 0.25) is 0 Å². The Balaban J connectivity index is 1.63. The number of rotatable bonds is 4. The van der Waals surface area contributed by atoms with Crippen LogP contribution in [0.1, 0.15) is 5.56 Å². The zero-order valence-corrected chi connectivity index (χ0v) is 16.5. The van der Waals surface area contributed by atoms with E-state index in [4.69, 9.17) is 15.1 Å². The number of nitrogens with zero attached hydrogens (tertiary/aromatic N) is 5. The van der Waals surface area contributed by atoms with Gasteiger partial charge in [-0.15, -0.1) is 11.8 Å². The van der Waals surface area contributed by atoms with Crippen LogP contribution in [0.4, 0.5) is 10.6 Å². The number of anilines is 1. The first kappa shape index (κ1) is 18.5. The quantitative estimate of drug-likeness (QED) is 0.540. The lowest BCUT2D eigenvalue weighted by Gasteiger charge is -2.34. The Morgan fingerprint density at radius 2 is 1.86 bits per heavy atom. The summed E-state index contributed by atoms with van der Waals surface area (Å²) in [5.74, 6) is 0.836. The number of amides is 1. The fraction of sp³-hybridized carbons (Fsp3) is 0.300. The number of benzene rings is 1. The van der Waals surface area contributed by atoms with Crippen molar-refractivity contribution >= 4 is 34.7 Å². The molecule has 1 amide bonds. The predicted molar refractivity (Wildman–Crippen MR) is 109 cm³/mol. The first-order chi connectivity index (χ1) is 13.6. The van der Waals surface area contributed by atoms with E-state index >= 15 is 0 Å². The van der Waals surface area contributed by atoms with Crippen molar-refractivity contribution in [2.24, 2.45) is 0 Å². The standard InChI is InChI=1S/C20H21N5O2S/c1-28-19-18(24-9-11-25(12-10-24)20(26)27)21-17-14-23(8-7-16(17)22-19)13-15-5-3-2-4-6-15/h2-8,14H,9-13H2,1H3/p+1. The highest BCUT2D eigenvalue weighted by atomic mass is 32.2. The van der Waals surface area contributed by atoms with Crippen molar-refractivity contribution in [3.05, 3.63) is 54.4 Å². The number of hydrogen-bond acceptors (Lipinski definition) is 5. The third-order valence-electron chi connectivity index (χ3n) is 4.87. The summed E-state index contributed by atoms with van der Waals surface area (Å²) in [7, 11) is 0.